The van der Waals surface area contributed by atoms with Crippen LogP contribution in [-0.4, -0.2) is 20.8 Å². The molecule has 0 aliphatic heterocycles. The van der Waals surface area contributed by atoms with Crippen LogP contribution in [0.3, 0.4) is 0 Å². The van der Waals surface area contributed by atoms with Gasteiger partial charge in [0, 0.05) is 16.6 Å². The molecule has 104 valence electrons. The van der Waals surface area contributed by atoms with Gasteiger partial charge in [-0.25, -0.2) is 8.42 Å². The van der Waals surface area contributed by atoms with Gasteiger partial charge in [0.05, 0.1) is 24.0 Å². The fourth-order valence-electron chi connectivity index (χ4n) is 1.60. The quantitative estimate of drug-likeness (QED) is 0.758. The maximum atomic E-state index is 11.0. The number of nitrogens with zero attached hydrogens (tertiary/aromatic N) is 1. The van der Waals surface area contributed by atoms with E-state index in [0.717, 1.165) is 5.56 Å². The van der Waals surface area contributed by atoms with Crippen molar-refractivity contribution >= 4 is 19.7 Å². The van der Waals surface area contributed by atoms with Crippen LogP contribution in [0.25, 0.3) is 0 Å². The second-order valence-electron chi connectivity index (χ2n) is 4.38. The van der Waals surface area contributed by atoms with Gasteiger partial charge in [-0.3, -0.25) is 0 Å². The van der Waals surface area contributed by atoms with Gasteiger partial charge < -0.3 is 4.74 Å². The lowest BCUT2D eigenvalue weighted by molar-refractivity contribution is 0.256. The van der Waals surface area contributed by atoms with Gasteiger partial charge in [0.15, 0.2) is 0 Å². The summed E-state index contributed by atoms with van der Waals surface area (Å²) in [5.74, 6) is 0.333. The molecule has 0 amide bonds. The fourth-order valence-corrected chi connectivity index (χ4v) is 3.03. The predicted molar refractivity (Wildman–Crippen MR) is 74.8 cm³/mol. The summed E-state index contributed by atoms with van der Waals surface area (Å²) in [5, 5.41) is 8.83. The number of halogens is 1. The third-order valence-corrected chi connectivity index (χ3v) is 4.05. The Bertz CT molecular complexity index is 578. The first-order valence-corrected chi connectivity index (χ1v) is 8.39. The highest BCUT2D eigenvalue weighted by Gasteiger charge is 2.16. The molecule has 0 fully saturated rings. The van der Waals surface area contributed by atoms with Crippen LogP contribution in [0.4, 0.5) is 0 Å². The molecule has 1 aromatic rings. The third-order valence-electron chi connectivity index (χ3n) is 2.80. The number of hydrogen-bond acceptors (Lipinski definition) is 4. The van der Waals surface area contributed by atoms with Gasteiger partial charge in [-0.1, -0.05) is 13.0 Å². The third kappa shape index (κ3) is 5.50. The Labute approximate surface area is 118 Å². The molecule has 0 N–H and O–H groups in total. The molecule has 1 aromatic carbocycles. The summed E-state index contributed by atoms with van der Waals surface area (Å²) in [6.07, 6.45) is 0.656. The maximum absolute atomic E-state index is 11.0. The molecule has 0 spiro atoms. The summed E-state index contributed by atoms with van der Waals surface area (Å²) >= 11 is 0. The molecule has 1 rings (SSSR count). The fraction of sp³-hybridized carbons (Fsp3) is 0.462. The van der Waals surface area contributed by atoms with E-state index in [1.807, 2.05) is 19.9 Å². The van der Waals surface area contributed by atoms with Crippen molar-refractivity contribution in [3.8, 4) is 11.8 Å². The minimum Gasteiger partial charge on any atom is -0.493 e. The SMILES string of the molecule is CCC(COc1cc(C#N)ccc1C)CS(=O)(=O)Cl. The molecule has 4 nitrogen and oxygen atoms in total. The van der Waals surface area contributed by atoms with E-state index >= 15 is 0 Å². The van der Waals surface area contributed by atoms with Crippen molar-refractivity contribution in [2.45, 2.75) is 20.3 Å². The Hall–Kier alpha value is -1.25. The maximum Gasteiger partial charge on any atom is 0.232 e. The number of aryl methyl sites for hydroxylation is 1. The number of ether oxygens (including phenoxy) is 1. The molecule has 0 aliphatic rings. The largest absolute Gasteiger partial charge is 0.493 e. The van der Waals surface area contributed by atoms with Gasteiger partial charge in [0.1, 0.15) is 5.75 Å². The van der Waals surface area contributed by atoms with Crippen LogP contribution in [0, 0.1) is 24.2 Å². The average Bonchev–Trinajstić information content (AvgIpc) is 2.34. The summed E-state index contributed by atoms with van der Waals surface area (Å²) in [7, 11) is 1.72. The zero-order valence-electron chi connectivity index (χ0n) is 10.9. The van der Waals surface area contributed by atoms with Crippen LogP contribution in [0.15, 0.2) is 18.2 Å². The zero-order valence-corrected chi connectivity index (χ0v) is 12.5. The zero-order chi connectivity index (χ0) is 14.5. The lowest BCUT2D eigenvalue weighted by atomic mass is 10.1. The number of rotatable bonds is 6. The molecule has 0 radical (unpaired) electrons. The Balaban J connectivity index is 2.72. The van der Waals surface area contributed by atoms with Crippen LogP contribution < -0.4 is 4.74 Å². The van der Waals surface area contributed by atoms with E-state index in [4.69, 9.17) is 20.7 Å². The highest BCUT2D eigenvalue weighted by Crippen LogP contribution is 2.21. The van der Waals surface area contributed by atoms with Gasteiger partial charge in [0.25, 0.3) is 0 Å². The molecule has 0 saturated carbocycles. The molecule has 6 heteroatoms. The lowest BCUT2D eigenvalue weighted by Crippen LogP contribution is -2.19. The molecule has 1 atom stereocenters. The summed E-state index contributed by atoms with van der Waals surface area (Å²) in [6.45, 7) is 4.02. The summed E-state index contributed by atoms with van der Waals surface area (Å²) in [6, 6.07) is 7.20. The summed E-state index contributed by atoms with van der Waals surface area (Å²) in [4.78, 5) is 0. The second-order valence-corrected chi connectivity index (χ2v) is 7.20. The van der Waals surface area contributed by atoms with E-state index in [2.05, 4.69) is 0 Å². The van der Waals surface area contributed by atoms with Gasteiger partial charge in [0.2, 0.25) is 9.05 Å². The molecule has 0 bridgehead atoms. The van der Waals surface area contributed by atoms with E-state index in [1.165, 1.54) is 0 Å². The van der Waals surface area contributed by atoms with E-state index in [1.54, 1.807) is 18.2 Å². The highest BCUT2D eigenvalue weighted by atomic mass is 35.7. The highest BCUT2D eigenvalue weighted by molar-refractivity contribution is 8.13. The van der Waals surface area contributed by atoms with Crippen molar-refractivity contribution in [2.24, 2.45) is 5.92 Å². The van der Waals surface area contributed by atoms with Crippen molar-refractivity contribution in [2.75, 3.05) is 12.4 Å². The summed E-state index contributed by atoms with van der Waals surface area (Å²) in [5.41, 5.74) is 1.42. The molecular formula is C13H16ClNO3S. The van der Waals surface area contributed by atoms with Crippen LogP contribution in [0.5, 0.6) is 5.75 Å². The van der Waals surface area contributed by atoms with Crippen molar-refractivity contribution in [1.29, 1.82) is 5.26 Å². The Morgan fingerprint density at radius 2 is 2.16 bits per heavy atom. The molecule has 0 saturated heterocycles. The van der Waals surface area contributed by atoms with E-state index in [9.17, 15) is 8.42 Å². The normalized spacial score (nSPS) is 12.7. The molecule has 19 heavy (non-hydrogen) atoms. The van der Waals surface area contributed by atoms with Crippen LogP contribution >= 0.6 is 10.7 Å². The van der Waals surface area contributed by atoms with E-state index < -0.39 is 9.05 Å². The number of hydrogen-bond donors (Lipinski definition) is 0. The average molecular weight is 302 g/mol. The minimum atomic E-state index is -3.52. The monoisotopic (exact) mass is 301 g/mol. The number of nitriles is 1. The van der Waals surface area contributed by atoms with Crippen molar-refractivity contribution in [1.82, 2.24) is 0 Å². The van der Waals surface area contributed by atoms with Gasteiger partial charge in [-0.05, 0) is 31.0 Å². The van der Waals surface area contributed by atoms with Crippen LogP contribution in [0.1, 0.15) is 24.5 Å². The molecule has 0 heterocycles. The lowest BCUT2D eigenvalue weighted by Gasteiger charge is -2.15. The van der Waals surface area contributed by atoms with E-state index in [-0.39, 0.29) is 18.3 Å². The van der Waals surface area contributed by atoms with Crippen molar-refractivity contribution in [3.63, 3.8) is 0 Å². The topological polar surface area (TPSA) is 67.2 Å². The number of benzene rings is 1. The van der Waals surface area contributed by atoms with Gasteiger partial charge in [-0.15, -0.1) is 0 Å². The molecular weight excluding hydrogens is 286 g/mol. The Kier molecular flexibility index (Phi) is 5.64. The minimum absolute atomic E-state index is 0.109. The standard InChI is InChI=1S/C13H16ClNO3S/c1-3-11(9-19(14,16)17)8-18-13-6-12(7-15)5-4-10(13)2/h4-6,11H,3,8-9H2,1-2H3. The van der Waals surface area contributed by atoms with Gasteiger partial charge >= 0.3 is 0 Å². The van der Waals surface area contributed by atoms with E-state index in [0.29, 0.717) is 17.7 Å². The van der Waals surface area contributed by atoms with Crippen molar-refractivity contribution < 1.29 is 13.2 Å². The first kappa shape index (κ1) is 15.8. The molecule has 0 aromatic heterocycles. The first-order valence-electron chi connectivity index (χ1n) is 5.91. The van der Waals surface area contributed by atoms with Gasteiger partial charge in [-0.2, -0.15) is 5.26 Å². The first-order chi connectivity index (χ1) is 8.85. The predicted octanol–water partition coefficient (Wildman–Crippen LogP) is 2.84. The second kappa shape index (κ2) is 6.78. The Morgan fingerprint density at radius 3 is 2.68 bits per heavy atom. The van der Waals surface area contributed by atoms with Crippen molar-refractivity contribution in [3.05, 3.63) is 29.3 Å². The van der Waals surface area contributed by atoms with Crippen LogP contribution in [-0.2, 0) is 9.05 Å². The molecule has 0 aliphatic carbocycles. The smallest absolute Gasteiger partial charge is 0.232 e. The van der Waals surface area contributed by atoms with Crippen LogP contribution in [0.2, 0.25) is 0 Å². The molecule has 1 unspecified atom stereocenters. The Morgan fingerprint density at radius 1 is 1.47 bits per heavy atom. The summed E-state index contributed by atoms with van der Waals surface area (Å²) < 4.78 is 27.7.